The summed E-state index contributed by atoms with van der Waals surface area (Å²) in [5.41, 5.74) is 0.335. The first-order valence-corrected chi connectivity index (χ1v) is 6.49. The van der Waals surface area contributed by atoms with Crippen molar-refractivity contribution in [1.29, 1.82) is 0 Å². The maximum atomic E-state index is 11.8. The fraction of sp³-hybridized carbons (Fsp3) is 0.250. The van der Waals surface area contributed by atoms with Gasteiger partial charge in [-0.15, -0.1) is 0 Å². The summed E-state index contributed by atoms with van der Waals surface area (Å²) in [6.07, 6.45) is -0.468. The van der Waals surface area contributed by atoms with E-state index >= 15 is 0 Å². The first kappa shape index (κ1) is 15.4. The molecule has 7 heteroatoms. The minimum Gasteiger partial charge on any atom is -0.481 e. The van der Waals surface area contributed by atoms with E-state index in [1.165, 1.54) is 0 Å². The van der Waals surface area contributed by atoms with Gasteiger partial charge in [0.25, 0.3) is 5.91 Å². The van der Waals surface area contributed by atoms with Crippen LogP contribution < -0.4 is 5.32 Å². The van der Waals surface area contributed by atoms with Crippen LogP contribution in [0.2, 0.25) is 0 Å². The molecule has 1 rings (SSSR count). The van der Waals surface area contributed by atoms with Crippen LogP contribution in [0.5, 0.6) is 0 Å². The number of benzene rings is 1. The van der Waals surface area contributed by atoms with Gasteiger partial charge in [0.1, 0.15) is 6.04 Å². The van der Waals surface area contributed by atoms with E-state index in [-0.39, 0.29) is 12.8 Å². The Kier molecular flexibility index (Phi) is 5.74. The third kappa shape index (κ3) is 5.25. The van der Waals surface area contributed by atoms with E-state index in [1.54, 1.807) is 24.3 Å². The largest absolute Gasteiger partial charge is 0.481 e. The lowest BCUT2D eigenvalue weighted by molar-refractivity contribution is -0.140. The lowest BCUT2D eigenvalue weighted by atomic mass is 10.1. The van der Waals surface area contributed by atoms with E-state index in [0.717, 1.165) is 3.57 Å². The zero-order valence-corrected chi connectivity index (χ0v) is 12.0. The van der Waals surface area contributed by atoms with Gasteiger partial charge in [-0.3, -0.25) is 9.59 Å². The van der Waals surface area contributed by atoms with Crippen molar-refractivity contribution in [2.45, 2.75) is 18.9 Å². The van der Waals surface area contributed by atoms with Crippen LogP contribution in [0.3, 0.4) is 0 Å². The molecule has 0 aromatic heterocycles. The molecule has 3 N–H and O–H groups in total. The Balaban J connectivity index is 2.68. The Morgan fingerprint density at radius 1 is 1.16 bits per heavy atom. The molecular formula is C12H12INO5. The molecule has 1 aromatic rings. The third-order valence-electron chi connectivity index (χ3n) is 2.36. The van der Waals surface area contributed by atoms with Gasteiger partial charge in [0, 0.05) is 15.6 Å². The Morgan fingerprint density at radius 3 is 2.21 bits per heavy atom. The van der Waals surface area contributed by atoms with Crippen LogP contribution in [0.25, 0.3) is 0 Å². The molecular weight excluding hydrogens is 365 g/mol. The fourth-order valence-electron chi connectivity index (χ4n) is 1.37. The summed E-state index contributed by atoms with van der Waals surface area (Å²) in [6.45, 7) is 0. The van der Waals surface area contributed by atoms with Gasteiger partial charge in [-0.05, 0) is 53.3 Å². The van der Waals surface area contributed by atoms with E-state index < -0.39 is 23.9 Å². The average molecular weight is 377 g/mol. The van der Waals surface area contributed by atoms with Gasteiger partial charge >= 0.3 is 11.9 Å². The summed E-state index contributed by atoms with van der Waals surface area (Å²) < 4.78 is 0.954. The highest BCUT2D eigenvalue weighted by Gasteiger charge is 2.21. The first-order valence-electron chi connectivity index (χ1n) is 5.41. The number of carbonyl (C=O) groups is 3. The van der Waals surface area contributed by atoms with Crippen LogP contribution >= 0.6 is 22.6 Å². The predicted octanol–water partition coefficient (Wildman–Crippen LogP) is 1.34. The molecule has 0 aliphatic heterocycles. The number of carbonyl (C=O) groups excluding carboxylic acids is 1. The molecule has 0 saturated carbocycles. The fourth-order valence-corrected chi connectivity index (χ4v) is 1.73. The third-order valence-corrected chi connectivity index (χ3v) is 3.08. The number of hydrogen-bond acceptors (Lipinski definition) is 3. The summed E-state index contributed by atoms with van der Waals surface area (Å²) in [5.74, 6) is -2.89. The number of halogens is 1. The smallest absolute Gasteiger partial charge is 0.326 e. The van der Waals surface area contributed by atoms with Crippen LogP contribution in [-0.4, -0.2) is 34.1 Å². The van der Waals surface area contributed by atoms with E-state index in [9.17, 15) is 14.4 Å². The molecule has 0 radical (unpaired) electrons. The SMILES string of the molecule is O=C(O)CC[C@@H](NC(=O)c1ccc(I)cc1)C(=O)O. The summed E-state index contributed by atoms with van der Waals surface area (Å²) in [4.78, 5) is 33.1. The summed E-state index contributed by atoms with van der Waals surface area (Å²) in [5, 5.41) is 19.7. The zero-order chi connectivity index (χ0) is 14.4. The molecule has 19 heavy (non-hydrogen) atoms. The van der Waals surface area contributed by atoms with E-state index in [2.05, 4.69) is 27.9 Å². The second-order valence-corrected chi connectivity index (χ2v) is 5.05. The first-order chi connectivity index (χ1) is 8.90. The molecule has 1 amide bonds. The highest BCUT2D eigenvalue weighted by molar-refractivity contribution is 14.1. The normalized spacial score (nSPS) is 11.6. The molecule has 102 valence electrons. The molecule has 0 fully saturated rings. The number of carboxylic acid groups (broad SMARTS) is 2. The van der Waals surface area contributed by atoms with Crippen LogP contribution in [0.4, 0.5) is 0 Å². The maximum Gasteiger partial charge on any atom is 0.326 e. The number of hydrogen-bond donors (Lipinski definition) is 3. The molecule has 0 aliphatic rings. The number of nitrogens with one attached hydrogen (secondary N) is 1. The summed E-state index contributed by atoms with van der Waals surface area (Å²) in [7, 11) is 0. The van der Waals surface area contributed by atoms with Crippen molar-refractivity contribution in [1.82, 2.24) is 5.32 Å². The molecule has 0 saturated heterocycles. The Labute approximate surface area is 123 Å². The number of rotatable bonds is 6. The highest BCUT2D eigenvalue weighted by atomic mass is 127. The van der Waals surface area contributed by atoms with Gasteiger partial charge in [-0.25, -0.2) is 4.79 Å². The molecule has 1 atom stereocenters. The number of carboxylic acids is 2. The number of amides is 1. The number of aliphatic carboxylic acids is 2. The maximum absolute atomic E-state index is 11.8. The lowest BCUT2D eigenvalue weighted by Gasteiger charge is -2.13. The van der Waals surface area contributed by atoms with Crippen molar-refractivity contribution < 1.29 is 24.6 Å². The quantitative estimate of drug-likeness (QED) is 0.650. The van der Waals surface area contributed by atoms with Crippen molar-refractivity contribution in [3.05, 3.63) is 33.4 Å². The van der Waals surface area contributed by atoms with Crippen molar-refractivity contribution in [2.75, 3.05) is 0 Å². The van der Waals surface area contributed by atoms with E-state index in [1.807, 2.05) is 0 Å². The Hall–Kier alpha value is -1.64. The summed E-state index contributed by atoms with van der Waals surface area (Å²) >= 11 is 2.09. The molecule has 1 aromatic carbocycles. The molecule has 6 nitrogen and oxygen atoms in total. The van der Waals surface area contributed by atoms with Gasteiger partial charge in [-0.1, -0.05) is 0 Å². The molecule has 0 aliphatic carbocycles. The van der Waals surface area contributed by atoms with E-state index in [4.69, 9.17) is 10.2 Å². The zero-order valence-electron chi connectivity index (χ0n) is 9.80. The Morgan fingerprint density at radius 2 is 1.74 bits per heavy atom. The van der Waals surface area contributed by atoms with Crippen LogP contribution in [-0.2, 0) is 9.59 Å². The monoisotopic (exact) mass is 377 g/mol. The van der Waals surface area contributed by atoms with Crippen LogP contribution in [0, 0.1) is 3.57 Å². The van der Waals surface area contributed by atoms with Gasteiger partial charge < -0.3 is 15.5 Å². The van der Waals surface area contributed by atoms with Gasteiger partial charge in [0.15, 0.2) is 0 Å². The molecule has 0 spiro atoms. The minimum absolute atomic E-state index is 0.152. The Bertz CT molecular complexity index is 485. The standard InChI is InChI=1S/C12H12INO5/c13-8-3-1-7(2-4-8)11(17)14-9(12(18)19)5-6-10(15)16/h1-4,9H,5-6H2,(H,14,17)(H,15,16)(H,18,19)/t9-/m1/s1. The molecule has 0 unspecified atom stereocenters. The van der Waals surface area contributed by atoms with Crippen LogP contribution in [0.15, 0.2) is 24.3 Å². The molecule has 0 bridgehead atoms. The lowest BCUT2D eigenvalue weighted by Crippen LogP contribution is -2.41. The van der Waals surface area contributed by atoms with Crippen molar-refractivity contribution in [3.63, 3.8) is 0 Å². The van der Waals surface area contributed by atoms with Gasteiger partial charge in [0.2, 0.25) is 0 Å². The second-order valence-electron chi connectivity index (χ2n) is 3.80. The van der Waals surface area contributed by atoms with Gasteiger partial charge in [0.05, 0.1) is 0 Å². The average Bonchev–Trinajstić information content (AvgIpc) is 2.34. The topological polar surface area (TPSA) is 104 Å². The second kappa shape index (κ2) is 7.07. The summed E-state index contributed by atoms with van der Waals surface area (Å²) in [6, 6.07) is 5.40. The van der Waals surface area contributed by atoms with Crippen molar-refractivity contribution in [2.24, 2.45) is 0 Å². The van der Waals surface area contributed by atoms with Crippen molar-refractivity contribution in [3.8, 4) is 0 Å². The minimum atomic E-state index is -1.25. The van der Waals surface area contributed by atoms with Crippen molar-refractivity contribution >= 4 is 40.4 Å². The van der Waals surface area contributed by atoms with E-state index in [0.29, 0.717) is 5.56 Å². The predicted molar refractivity (Wildman–Crippen MR) is 74.9 cm³/mol. The highest BCUT2D eigenvalue weighted by Crippen LogP contribution is 2.07. The van der Waals surface area contributed by atoms with Gasteiger partial charge in [-0.2, -0.15) is 0 Å². The van der Waals surface area contributed by atoms with Crippen LogP contribution in [0.1, 0.15) is 23.2 Å². The molecule has 0 heterocycles.